The summed E-state index contributed by atoms with van der Waals surface area (Å²) in [4.78, 5) is 0. The van der Waals surface area contributed by atoms with Gasteiger partial charge in [0.2, 0.25) is 0 Å². The van der Waals surface area contributed by atoms with Crippen molar-refractivity contribution in [2.75, 3.05) is 0 Å². The Kier molecular flexibility index (Phi) is 7.98. The van der Waals surface area contributed by atoms with Crippen molar-refractivity contribution >= 4 is 12.4 Å². The Balaban J connectivity index is 0.00000243. The Morgan fingerprint density at radius 2 is 1.19 bits per heavy atom. The monoisotopic (exact) mass is 382 g/mol. The molecular weight excluding hydrogens is 336 g/mol. The summed E-state index contributed by atoms with van der Waals surface area (Å²) in [5, 5.41) is 0. The van der Waals surface area contributed by atoms with Crippen molar-refractivity contribution in [2.45, 2.75) is 118 Å². The fourth-order valence-electron chi connectivity index (χ4n) is 7.91. The van der Waals surface area contributed by atoms with Crippen LogP contribution in [0.15, 0.2) is 0 Å². The second-order valence-electron chi connectivity index (χ2n) is 11.9. The van der Waals surface area contributed by atoms with Crippen molar-refractivity contribution in [3.8, 4) is 0 Å². The molecule has 26 heavy (non-hydrogen) atoms. The van der Waals surface area contributed by atoms with Crippen molar-refractivity contribution < 1.29 is 0 Å². The molecule has 3 aliphatic rings. The molecule has 0 radical (unpaired) electrons. The van der Waals surface area contributed by atoms with Gasteiger partial charge in [0.15, 0.2) is 0 Å². The van der Waals surface area contributed by atoms with Gasteiger partial charge in [0.1, 0.15) is 0 Å². The van der Waals surface area contributed by atoms with E-state index in [2.05, 4.69) is 34.6 Å². The topological polar surface area (TPSA) is 0 Å². The average Bonchev–Trinajstić information content (AvgIpc) is 2.53. The lowest BCUT2D eigenvalue weighted by atomic mass is 9.54. The Hall–Kier alpha value is 0.290. The van der Waals surface area contributed by atoms with Gasteiger partial charge in [-0.05, 0) is 85.4 Å². The van der Waals surface area contributed by atoms with Crippen LogP contribution in [0.4, 0.5) is 0 Å². The molecule has 0 spiro atoms. The summed E-state index contributed by atoms with van der Waals surface area (Å²) in [6.45, 7) is 12.6. The van der Waals surface area contributed by atoms with Crippen LogP contribution in [0.3, 0.4) is 0 Å². The van der Waals surface area contributed by atoms with Gasteiger partial charge < -0.3 is 0 Å². The molecule has 3 aliphatic carbocycles. The largest absolute Gasteiger partial charge is 0.147 e. The van der Waals surface area contributed by atoms with E-state index in [1.54, 1.807) is 38.5 Å². The highest BCUT2D eigenvalue weighted by atomic mass is 35.5. The van der Waals surface area contributed by atoms with Crippen LogP contribution in [0.2, 0.25) is 0 Å². The third kappa shape index (κ3) is 5.65. The Morgan fingerprint density at radius 1 is 0.692 bits per heavy atom. The van der Waals surface area contributed by atoms with Crippen LogP contribution in [-0.4, -0.2) is 0 Å². The second-order valence-corrected chi connectivity index (χ2v) is 11.9. The van der Waals surface area contributed by atoms with Crippen LogP contribution in [0.1, 0.15) is 118 Å². The highest BCUT2D eigenvalue weighted by Gasteiger charge is 2.45. The molecule has 0 aromatic carbocycles. The molecular formula is C25H47Cl. The Labute approximate surface area is 171 Å². The fraction of sp³-hybridized carbons (Fsp3) is 1.00. The quantitative estimate of drug-likeness (QED) is 0.456. The van der Waals surface area contributed by atoms with E-state index >= 15 is 0 Å². The van der Waals surface area contributed by atoms with E-state index in [0.29, 0.717) is 10.8 Å². The first-order chi connectivity index (χ1) is 11.8. The highest BCUT2D eigenvalue weighted by Crippen LogP contribution is 2.55. The zero-order chi connectivity index (χ0) is 18.1. The minimum Gasteiger partial charge on any atom is -0.147 e. The summed E-state index contributed by atoms with van der Waals surface area (Å²) in [6, 6.07) is 0. The third-order valence-electron chi connectivity index (χ3n) is 8.26. The van der Waals surface area contributed by atoms with Crippen molar-refractivity contribution in [3.63, 3.8) is 0 Å². The van der Waals surface area contributed by atoms with Gasteiger partial charge in [0.05, 0.1) is 0 Å². The van der Waals surface area contributed by atoms with Gasteiger partial charge >= 0.3 is 0 Å². The normalized spacial score (nSPS) is 37.7. The summed E-state index contributed by atoms with van der Waals surface area (Å²) in [5.74, 6) is 5.28. The maximum absolute atomic E-state index is 2.55. The van der Waals surface area contributed by atoms with Gasteiger partial charge in [-0.25, -0.2) is 0 Å². The Bertz CT molecular complexity index is 400. The van der Waals surface area contributed by atoms with Crippen LogP contribution in [0.5, 0.6) is 0 Å². The SMILES string of the molecule is CCCC1CCC(C2CCCCC2C2CC(C)(C)CC(C)(C)C2)CC1.Cl. The zero-order valence-corrected chi connectivity index (χ0v) is 19.3. The van der Waals surface area contributed by atoms with Crippen molar-refractivity contribution in [1.82, 2.24) is 0 Å². The summed E-state index contributed by atoms with van der Waals surface area (Å²) in [7, 11) is 0. The van der Waals surface area contributed by atoms with E-state index in [4.69, 9.17) is 0 Å². The van der Waals surface area contributed by atoms with Crippen LogP contribution in [-0.2, 0) is 0 Å². The second kappa shape index (κ2) is 9.19. The van der Waals surface area contributed by atoms with Crippen LogP contribution in [0.25, 0.3) is 0 Å². The van der Waals surface area contributed by atoms with Gasteiger partial charge in [-0.1, -0.05) is 73.1 Å². The lowest BCUT2D eigenvalue weighted by Crippen LogP contribution is -2.41. The summed E-state index contributed by atoms with van der Waals surface area (Å²) in [6.07, 6.45) is 19.7. The Morgan fingerprint density at radius 3 is 1.69 bits per heavy atom. The van der Waals surface area contributed by atoms with E-state index in [0.717, 1.165) is 29.6 Å². The maximum Gasteiger partial charge on any atom is -0.0346 e. The smallest absolute Gasteiger partial charge is 0.0346 e. The summed E-state index contributed by atoms with van der Waals surface area (Å²) >= 11 is 0. The zero-order valence-electron chi connectivity index (χ0n) is 18.5. The van der Waals surface area contributed by atoms with E-state index < -0.39 is 0 Å². The van der Waals surface area contributed by atoms with E-state index in [-0.39, 0.29) is 12.4 Å². The van der Waals surface area contributed by atoms with Crippen LogP contribution in [0, 0.1) is 40.4 Å². The van der Waals surface area contributed by atoms with E-state index in [9.17, 15) is 0 Å². The standard InChI is InChI=1S/C25H46.ClH/c1-6-9-19-12-14-20(15-13-19)22-10-7-8-11-23(22)21-16-24(2,3)18-25(4,5)17-21;/h19-23H,6-18H2,1-5H3;1H. The highest BCUT2D eigenvalue weighted by molar-refractivity contribution is 5.85. The molecule has 0 nitrogen and oxygen atoms in total. The molecule has 0 amide bonds. The molecule has 3 rings (SSSR count). The van der Waals surface area contributed by atoms with Gasteiger partial charge in [-0.15, -0.1) is 12.4 Å². The molecule has 0 N–H and O–H groups in total. The van der Waals surface area contributed by atoms with Gasteiger partial charge in [0.25, 0.3) is 0 Å². The summed E-state index contributed by atoms with van der Waals surface area (Å²) < 4.78 is 0. The van der Waals surface area contributed by atoms with Gasteiger partial charge in [-0.3, -0.25) is 0 Å². The molecule has 0 heterocycles. The molecule has 0 aliphatic heterocycles. The van der Waals surface area contributed by atoms with Gasteiger partial charge in [-0.2, -0.15) is 0 Å². The number of rotatable bonds is 4. The molecule has 0 saturated heterocycles. The van der Waals surface area contributed by atoms with E-state index in [1.807, 2.05) is 0 Å². The molecule has 2 atom stereocenters. The first kappa shape index (κ1) is 22.6. The fourth-order valence-corrected chi connectivity index (χ4v) is 7.91. The lowest BCUT2D eigenvalue weighted by molar-refractivity contribution is -0.00929. The molecule has 3 fully saturated rings. The molecule has 0 bridgehead atoms. The summed E-state index contributed by atoms with van der Waals surface area (Å²) in [5.41, 5.74) is 1.13. The molecule has 3 saturated carbocycles. The number of halogens is 1. The number of hydrogen-bond donors (Lipinski definition) is 0. The molecule has 1 heteroatoms. The van der Waals surface area contributed by atoms with Crippen LogP contribution < -0.4 is 0 Å². The van der Waals surface area contributed by atoms with Gasteiger partial charge in [0, 0.05) is 0 Å². The van der Waals surface area contributed by atoms with Crippen molar-refractivity contribution in [3.05, 3.63) is 0 Å². The first-order valence-electron chi connectivity index (χ1n) is 11.8. The molecule has 154 valence electrons. The van der Waals surface area contributed by atoms with Crippen molar-refractivity contribution in [1.29, 1.82) is 0 Å². The molecule has 2 unspecified atom stereocenters. The molecule has 0 aromatic heterocycles. The minimum atomic E-state index is 0. The lowest BCUT2D eigenvalue weighted by Gasteiger charge is -2.51. The van der Waals surface area contributed by atoms with Crippen molar-refractivity contribution in [2.24, 2.45) is 40.4 Å². The maximum atomic E-state index is 2.55. The predicted molar refractivity (Wildman–Crippen MR) is 118 cm³/mol. The van der Waals surface area contributed by atoms with Crippen LogP contribution >= 0.6 is 12.4 Å². The molecule has 0 aromatic rings. The third-order valence-corrected chi connectivity index (χ3v) is 8.26. The predicted octanol–water partition coefficient (Wildman–Crippen LogP) is 8.67. The minimum absolute atomic E-state index is 0. The number of hydrogen-bond acceptors (Lipinski definition) is 0. The van der Waals surface area contributed by atoms with E-state index in [1.165, 1.54) is 44.9 Å². The first-order valence-corrected chi connectivity index (χ1v) is 11.8. The average molecular weight is 383 g/mol.